The van der Waals surface area contributed by atoms with Gasteiger partial charge in [-0.05, 0) is 52.9 Å². The Hall–Kier alpha value is -0.420. The first-order valence-electron chi connectivity index (χ1n) is 5.93. The van der Waals surface area contributed by atoms with Crippen LogP contribution in [-0.4, -0.2) is 17.3 Å². The minimum Gasteiger partial charge on any atom is -0.349 e. The Morgan fingerprint density at radius 3 is 2.89 bits per heavy atom. The summed E-state index contributed by atoms with van der Waals surface area (Å²) in [6.45, 7) is 0. The first-order valence-corrected chi connectivity index (χ1v) is 7.85. The molecule has 98 valence electrons. The number of benzene rings is 1. The number of carbonyl (C=O) groups is 1. The second-order valence-electron chi connectivity index (χ2n) is 4.55. The van der Waals surface area contributed by atoms with Gasteiger partial charge in [0.25, 0.3) is 5.91 Å². The Balaban J connectivity index is 2.05. The molecule has 0 aromatic heterocycles. The normalized spacial score (nSPS) is 23.1. The fourth-order valence-corrected chi connectivity index (χ4v) is 3.32. The van der Waals surface area contributed by atoms with Gasteiger partial charge < -0.3 is 5.32 Å². The molecule has 2 atom stereocenters. The summed E-state index contributed by atoms with van der Waals surface area (Å²) in [6, 6.07) is 4.64. The van der Waals surface area contributed by atoms with Crippen molar-refractivity contribution in [2.24, 2.45) is 5.92 Å². The van der Waals surface area contributed by atoms with Gasteiger partial charge in [-0.2, -0.15) is 0 Å². The average molecular weight is 379 g/mol. The van der Waals surface area contributed by atoms with Crippen molar-refractivity contribution in [1.29, 1.82) is 0 Å². The minimum atomic E-state index is -0.411. The molecule has 1 fully saturated rings. The molecule has 0 heterocycles. The van der Waals surface area contributed by atoms with E-state index in [-0.39, 0.29) is 11.9 Å². The van der Waals surface area contributed by atoms with Crippen LogP contribution >= 0.6 is 31.9 Å². The van der Waals surface area contributed by atoms with E-state index < -0.39 is 5.82 Å². The van der Waals surface area contributed by atoms with E-state index in [1.807, 2.05) is 0 Å². The van der Waals surface area contributed by atoms with Crippen molar-refractivity contribution in [3.63, 3.8) is 0 Å². The molecule has 1 aliphatic carbocycles. The first kappa shape index (κ1) is 14.0. The van der Waals surface area contributed by atoms with Crippen LogP contribution in [0.2, 0.25) is 0 Å². The molecule has 1 saturated carbocycles. The summed E-state index contributed by atoms with van der Waals surface area (Å²) < 4.78 is 13.7. The lowest BCUT2D eigenvalue weighted by molar-refractivity contribution is 0.0930. The van der Waals surface area contributed by atoms with Gasteiger partial charge in [-0.25, -0.2) is 4.39 Å². The smallest absolute Gasteiger partial charge is 0.251 e. The number of hydrogen-bond donors (Lipinski definition) is 1. The largest absolute Gasteiger partial charge is 0.349 e. The predicted octanol–water partition coefficient (Wildman–Crippen LogP) is 3.88. The van der Waals surface area contributed by atoms with Crippen LogP contribution in [0.4, 0.5) is 4.39 Å². The number of alkyl halides is 1. The summed E-state index contributed by atoms with van der Waals surface area (Å²) in [5, 5.41) is 3.89. The number of hydrogen-bond acceptors (Lipinski definition) is 1. The van der Waals surface area contributed by atoms with Crippen LogP contribution in [0.1, 0.15) is 29.6 Å². The molecule has 1 aromatic rings. The van der Waals surface area contributed by atoms with Crippen molar-refractivity contribution in [2.45, 2.75) is 25.3 Å². The van der Waals surface area contributed by atoms with Crippen molar-refractivity contribution < 1.29 is 9.18 Å². The SMILES string of the molecule is O=C(NC1CCCC1CBr)c1ccc(Br)c(F)c1. The highest BCUT2D eigenvalue weighted by Crippen LogP contribution is 2.27. The number of halogens is 3. The van der Waals surface area contributed by atoms with Crippen molar-refractivity contribution in [1.82, 2.24) is 5.32 Å². The molecule has 0 spiro atoms. The molecular weight excluding hydrogens is 365 g/mol. The molecule has 2 nitrogen and oxygen atoms in total. The van der Waals surface area contributed by atoms with Gasteiger partial charge in [0.15, 0.2) is 0 Å². The maximum atomic E-state index is 13.4. The molecule has 0 bridgehead atoms. The van der Waals surface area contributed by atoms with Gasteiger partial charge in [0.05, 0.1) is 4.47 Å². The van der Waals surface area contributed by atoms with Crippen LogP contribution in [0.3, 0.4) is 0 Å². The fraction of sp³-hybridized carbons (Fsp3) is 0.462. The molecule has 1 aromatic carbocycles. The molecule has 2 rings (SSSR count). The Bertz CT molecular complexity index is 453. The van der Waals surface area contributed by atoms with E-state index in [0.717, 1.165) is 24.6 Å². The number of carbonyl (C=O) groups excluding carboxylic acids is 1. The monoisotopic (exact) mass is 377 g/mol. The van der Waals surface area contributed by atoms with Gasteiger partial charge in [0.2, 0.25) is 0 Å². The van der Waals surface area contributed by atoms with Crippen molar-refractivity contribution >= 4 is 37.8 Å². The van der Waals surface area contributed by atoms with Gasteiger partial charge in [-0.15, -0.1) is 0 Å². The summed E-state index contributed by atoms with van der Waals surface area (Å²) in [7, 11) is 0. The summed E-state index contributed by atoms with van der Waals surface area (Å²) in [5.41, 5.74) is 0.371. The molecule has 1 N–H and O–H groups in total. The van der Waals surface area contributed by atoms with Gasteiger partial charge in [0.1, 0.15) is 5.82 Å². The van der Waals surface area contributed by atoms with Crippen LogP contribution in [-0.2, 0) is 0 Å². The lowest BCUT2D eigenvalue weighted by Gasteiger charge is -2.19. The van der Waals surface area contributed by atoms with E-state index >= 15 is 0 Å². The Kier molecular flexibility index (Phi) is 4.78. The molecule has 1 amide bonds. The fourth-order valence-electron chi connectivity index (χ4n) is 2.30. The van der Waals surface area contributed by atoms with E-state index in [1.165, 1.54) is 6.07 Å². The van der Waals surface area contributed by atoms with Crippen LogP contribution < -0.4 is 5.32 Å². The molecule has 1 aliphatic rings. The van der Waals surface area contributed by atoms with Crippen LogP contribution in [0.15, 0.2) is 22.7 Å². The molecule has 0 radical (unpaired) electrons. The summed E-state index contributed by atoms with van der Waals surface area (Å²) in [4.78, 5) is 12.0. The first-order chi connectivity index (χ1) is 8.61. The number of nitrogens with one attached hydrogen (secondary N) is 1. The van der Waals surface area contributed by atoms with Gasteiger partial charge in [-0.3, -0.25) is 4.79 Å². The third kappa shape index (κ3) is 3.12. The molecule has 2 unspecified atom stereocenters. The predicted molar refractivity (Wildman–Crippen MR) is 76.5 cm³/mol. The number of rotatable bonds is 3. The molecule has 5 heteroatoms. The van der Waals surface area contributed by atoms with Gasteiger partial charge in [-0.1, -0.05) is 22.4 Å². The third-order valence-corrected chi connectivity index (χ3v) is 4.83. The van der Waals surface area contributed by atoms with E-state index in [4.69, 9.17) is 0 Å². The third-order valence-electron chi connectivity index (χ3n) is 3.36. The van der Waals surface area contributed by atoms with Gasteiger partial charge in [0, 0.05) is 16.9 Å². The highest BCUT2D eigenvalue weighted by atomic mass is 79.9. The lowest BCUT2D eigenvalue weighted by Crippen LogP contribution is -2.37. The molecule has 0 aliphatic heterocycles. The lowest BCUT2D eigenvalue weighted by atomic mass is 10.1. The standard InChI is InChI=1S/C13H14Br2FNO/c14-7-9-2-1-3-12(9)17-13(18)8-4-5-10(15)11(16)6-8/h4-6,9,12H,1-3,7H2,(H,17,18). The Morgan fingerprint density at radius 1 is 1.44 bits per heavy atom. The zero-order valence-electron chi connectivity index (χ0n) is 9.76. The van der Waals surface area contributed by atoms with Crippen LogP contribution in [0.25, 0.3) is 0 Å². The summed E-state index contributed by atoms with van der Waals surface area (Å²) >= 11 is 6.54. The second-order valence-corrected chi connectivity index (χ2v) is 6.06. The van der Waals surface area contributed by atoms with Crippen molar-refractivity contribution in [2.75, 3.05) is 5.33 Å². The van der Waals surface area contributed by atoms with E-state index in [0.29, 0.717) is 16.0 Å². The van der Waals surface area contributed by atoms with E-state index in [9.17, 15) is 9.18 Å². The molecule has 0 saturated heterocycles. The molecule has 18 heavy (non-hydrogen) atoms. The van der Waals surface area contributed by atoms with Crippen LogP contribution in [0, 0.1) is 11.7 Å². The second kappa shape index (κ2) is 6.15. The Morgan fingerprint density at radius 2 is 2.22 bits per heavy atom. The number of amides is 1. The van der Waals surface area contributed by atoms with E-state index in [2.05, 4.69) is 37.2 Å². The highest BCUT2D eigenvalue weighted by molar-refractivity contribution is 9.10. The zero-order chi connectivity index (χ0) is 13.1. The zero-order valence-corrected chi connectivity index (χ0v) is 12.9. The average Bonchev–Trinajstić information content (AvgIpc) is 2.79. The van der Waals surface area contributed by atoms with Crippen molar-refractivity contribution in [3.05, 3.63) is 34.1 Å². The minimum absolute atomic E-state index is 0.195. The van der Waals surface area contributed by atoms with Crippen LogP contribution in [0.5, 0.6) is 0 Å². The maximum Gasteiger partial charge on any atom is 0.251 e. The van der Waals surface area contributed by atoms with Gasteiger partial charge >= 0.3 is 0 Å². The quantitative estimate of drug-likeness (QED) is 0.794. The molecular formula is C13H14Br2FNO. The summed E-state index contributed by atoms with van der Waals surface area (Å²) in [6.07, 6.45) is 3.27. The van der Waals surface area contributed by atoms with Crippen molar-refractivity contribution in [3.8, 4) is 0 Å². The topological polar surface area (TPSA) is 29.1 Å². The van der Waals surface area contributed by atoms with E-state index in [1.54, 1.807) is 12.1 Å². The highest BCUT2D eigenvalue weighted by Gasteiger charge is 2.27. The summed E-state index contributed by atoms with van der Waals surface area (Å²) in [5.74, 6) is -0.125. The maximum absolute atomic E-state index is 13.4. The Labute approximate surface area is 123 Å².